The number of benzene rings is 2. The molecule has 3 aromatic rings. The van der Waals surface area contributed by atoms with Gasteiger partial charge in [-0.2, -0.15) is 5.10 Å². The van der Waals surface area contributed by atoms with Gasteiger partial charge in [0.2, 0.25) is 0 Å². The number of aromatic nitrogens is 2. The number of fused-ring (bicyclic) bond motifs is 1. The Labute approximate surface area is 166 Å². The number of halogens is 2. The molecule has 0 atom stereocenters. The number of nitrogens with zero attached hydrogens (tertiary/aromatic N) is 2. The molecule has 0 saturated carbocycles. The first kappa shape index (κ1) is 16.9. The zero-order valence-corrected chi connectivity index (χ0v) is 16.9. The molecule has 1 aliphatic rings. The van der Waals surface area contributed by atoms with E-state index in [2.05, 4.69) is 69.8 Å². The van der Waals surface area contributed by atoms with Gasteiger partial charge >= 0.3 is 0 Å². The lowest BCUT2D eigenvalue weighted by molar-refractivity contribution is 0.779. The van der Waals surface area contributed by atoms with Crippen LogP contribution in [0, 0.1) is 10.5 Å². The SMILES string of the molecule is Cc1cc(Cl)ccc1-n1nc(-c2ccc(I)cc2)c2c1NCCCC2. The van der Waals surface area contributed by atoms with Crippen LogP contribution in [-0.2, 0) is 6.42 Å². The van der Waals surface area contributed by atoms with Crippen LogP contribution in [0.15, 0.2) is 42.5 Å². The Morgan fingerprint density at radius 3 is 2.68 bits per heavy atom. The third kappa shape index (κ3) is 3.29. The van der Waals surface area contributed by atoms with Crippen molar-refractivity contribution in [3.8, 4) is 16.9 Å². The van der Waals surface area contributed by atoms with Crippen LogP contribution in [0.2, 0.25) is 5.02 Å². The standard InChI is InChI=1S/C20H19ClIN3/c1-13-12-15(21)7-10-18(13)25-20-17(4-2-3-11-23-20)19(24-25)14-5-8-16(22)9-6-14/h5-10,12,23H,2-4,11H2,1H3. The fourth-order valence-electron chi connectivity index (χ4n) is 3.37. The van der Waals surface area contributed by atoms with Gasteiger partial charge in [-0.15, -0.1) is 0 Å². The van der Waals surface area contributed by atoms with Crippen molar-refractivity contribution in [1.29, 1.82) is 0 Å². The number of rotatable bonds is 2. The van der Waals surface area contributed by atoms with Gasteiger partial charge in [0.05, 0.1) is 11.4 Å². The molecule has 0 fully saturated rings. The lowest BCUT2D eigenvalue weighted by atomic mass is 10.0. The highest BCUT2D eigenvalue weighted by molar-refractivity contribution is 14.1. The minimum Gasteiger partial charge on any atom is -0.370 e. The van der Waals surface area contributed by atoms with E-state index in [1.165, 1.54) is 27.5 Å². The predicted octanol–water partition coefficient (Wildman–Crippen LogP) is 5.85. The Balaban J connectivity index is 1.91. The third-order valence-corrected chi connectivity index (χ3v) is 5.59. The number of anilines is 1. The van der Waals surface area contributed by atoms with E-state index in [0.717, 1.165) is 40.8 Å². The van der Waals surface area contributed by atoms with Gasteiger partial charge in [0.1, 0.15) is 5.82 Å². The quantitative estimate of drug-likeness (QED) is 0.483. The fraction of sp³-hybridized carbons (Fsp3) is 0.250. The average molecular weight is 464 g/mol. The summed E-state index contributed by atoms with van der Waals surface area (Å²) in [4.78, 5) is 0. The zero-order valence-electron chi connectivity index (χ0n) is 14.0. The summed E-state index contributed by atoms with van der Waals surface area (Å²) in [5, 5.41) is 9.36. The summed E-state index contributed by atoms with van der Waals surface area (Å²) in [6.45, 7) is 3.06. The summed E-state index contributed by atoms with van der Waals surface area (Å²) in [6.07, 6.45) is 3.42. The van der Waals surface area contributed by atoms with Gasteiger partial charge in [-0.05, 0) is 84.7 Å². The van der Waals surface area contributed by atoms with E-state index >= 15 is 0 Å². The number of nitrogens with one attached hydrogen (secondary N) is 1. The molecule has 128 valence electrons. The Bertz CT molecular complexity index is 915. The highest BCUT2D eigenvalue weighted by Gasteiger charge is 2.22. The van der Waals surface area contributed by atoms with Crippen molar-refractivity contribution in [1.82, 2.24) is 9.78 Å². The number of hydrogen-bond donors (Lipinski definition) is 1. The van der Waals surface area contributed by atoms with Crippen molar-refractivity contribution in [2.45, 2.75) is 26.2 Å². The third-order valence-electron chi connectivity index (χ3n) is 4.63. The van der Waals surface area contributed by atoms with Crippen molar-refractivity contribution in [2.75, 3.05) is 11.9 Å². The van der Waals surface area contributed by atoms with E-state index in [1.54, 1.807) is 0 Å². The molecular formula is C20H19ClIN3. The predicted molar refractivity (Wildman–Crippen MR) is 113 cm³/mol. The van der Waals surface area contributed by atoms with Crippen molar-refractivity contribution in [3.63, 3.8) is 0 Å². The van der Waals surface area contributed by atoms with Crippen LogP contribution in [0.5, 0.6) is 0 Å². The highest BCUT2D eigenvalue weighted by Crippen LogP contribution is 2.35. The van der Waals surface area contributed by atoms with Crippen LogP contribution in [-0.4, -0.2) is 16.3 Å². The van der Waals surface area contributed by atoms with Crippen LogP contribution in [0.1, 0.15) is 24.0 Å². The maximum Gasteiger partial charge on any atom is 0.133 e. The topological polar surface area (TPSA) is 29.9 Å². The van der Waals surface area contributed by atoms with Gasteiger partial charge < -0.3 is 5.32 Å². The van der Waals surface area contributed by atoms with E-state index in [0.29, 0.717) is 0 Å². The molecule has 2 aromatic carbocycles. The summed E-state index contributed by atoms with van der Waals surface area (Å²) in [5.41, 5.74) is 5.76. The smallest absolute Gasteiger partial charge is 0.133 e. The second kappa shape index (κ2) is 7.00. The normalized spacial score (nSPS) is 13.9. The molecule has 5 heteroatoms. The maximum absolute atomic E-state index is 6.14. The lowest BCUT2D eigenvalue weighted by Crippen LogP contribution is -2.08. The van der Waals surface area contributed by atoms with E-state index in [-0.39, 0.29) is 0 Å². The van der Waals surface area contributed by atoms with Crippen LogP contribution < -0.4 is 5.32 Å². The van der Waals surface area contributed by atoms with Crippen molar-refractivity contribution >= 4 is 40.0 Å². The molecule has 1 N–H and O–H groups in total. The van der Waals surface area contributed by atoms with Gasteiger partial charge in [-0.25, -0.2) is 4.68 Å². The van der Waals surface area contributed by atoms with Gasteiger partial charge in [0.15, 0.2) is 0 Å². The molecule has 1 aromatic heterocycles. The maximum atomic E-state index is 6.14. The van der Waals surface area contributed by atoms with E-state index in [4.69, 9.17) is 16.7 Å². The second-order valence-corrected chi connectivity index (χ2v) is 8.09. The van der Waals surface area contributed by atoms with Crippen molar-refractivity contribution in [2.24, 2.45) is 0 Å². The van der Waals surface area contributed by atoms with Crippen molar-refractivity contribution < 1.29 is 0 Å². The second-order valence-electron chi connectivity index (χ2n) is 6.41. The Kier molecular flexibility index (Phi) is 4.73. The first-order valence-electron chi connectivity index (χ1n) is 8.52. The molecule has 0 unspecified atom stereocenters. The Morgan fingerprint density at radius 1 is 1.12 bits per heavy atom. The Morgan fingerprint density at radius 2 is 1.92 bits per heavy atom. The lowest BCUT2D eigenvalue weighted by Gasteiger charge is -2.11. The van der Waals surface area contributed by atoms with Crippen LogP contribution in [0.25, 0.3) is 16.9 Å². The Hall–Kier alpha value is -1.53. The van der Waals surface area contributed by atoms with Crippen LogP contribution in [0.3, 0.4) is 0 Å². The molecule has 0 amide bonds. The first-order chi connectivity index (χ1) is 12.1. The van der Waals surface area contributed by atoms with Crippen LogP contribution in [0.4, 0.5) is 5.82 Å². The van der Waals surface area contributed by atoms with E-state index in [1.807, 2.05) is 12.1 Å². The van der Waals surface area contributed by atoms with E-state index < -0.39 is 0 Å². The summed E-state index contributed by atoms with van der Waals surface area (Å²) in [7, 11) is 0. The highest BCUT2D eigenvalue weighted by atomic mass is 127. The van der Waals surface area contributed by atoms with Gasteiger partial charge in [0.25, 0.3) is 0 Å². The molecule has 25 heavy (non-hydrogen) atoms. The monoisotopic (exact) mass is 463 g/mol. The summed E-state index contributed by atoms with van der Waals surface area (Å²) >= 11 is 8.48. The molecule has 0 radical (unpaired) electrons. The molecule has 3 nitrogen and oxygen atoms in total. The minimum absolute atomic E-state index is 0.755. The molecule has 4 rings (SSSR count). The zero-order chi connectivity index (χ0) is 17.4. The minimum atomic E-state index is 0.755. The van der Waals surface area contributed by atoms with Crippen LogP contribution >= 0.6 is 34.2 Å². The average Bonchev–Trinajstić information content (AvgIpc) is 2.78. The van der Waals surface area contributed by atoms with Crippen molar-refractivity contribution in [3.05, 3.63) is 62.2 Å². The summed E-state index contributed by atoms with van der Waals surface area (Å²) in [6, 6.07) is 14.6. The molecule has 0 aliphatic carbocycles. The molecule has 0 spiro atoms. The van der Waals surface area contributed by atoms with E-state index in [9.17, 15) is 0 Å². The largest absolute Gasteiger partial charge is 0.370 e. The number of hydrogen-bond acceptors (Lipinski definition) is 2. The molecule has 0 bridgehead atoms. The molecular weight excluding hydrogens is 445 g/mol. The van der Waals surface area contributed by atoms with Gasteiger partial charge in [0, 0.05) is 26.3 Å². The van der Waals surface area contributed by atoms with Gasteiger partial charge in [-0.3, -0.25) is 0 Å². The number of aryl methyl sites for hydroxylation is 1. The molecule has 1 aliphatic heterocycles. The first-order valence-corrected chi connectivity index (χ1v) is 9.97. The van der Waals surface area contributed by atoms with Gasteiger partial charge in [-0.1, -0.05) is 23.7 Å². The molecule has 2 heterocycles. The fourth-order valence-corrected chi connectivity index (χ4v) is 3.96. The summed E-state index contributed by atoms with van der Waals surface area (Å²) < 4.78 is 3.29. The summed E-state index contributed by atoms with van der Waals surface area (Å²) in [5.74, 6) is 1.12. The molecule has 0 saturated heterocycles.